The van der Waals surface area contributed by atoms with Crippen molar-refractivity contribution in [3.63, 3.8) is 0 Å². The fourth-order valence-electron chi connectivity index (χ4n) is 9.66. The van der Waals surface area contributed by atoms with E-state index in [0.29, 0.717) is 131 Å². The molecule has 8 heterocycles. The van der Waals surface area contributed by atoms with Crippen LogP contribution in [0.3, 0.4) is 0 Å². The molecule has 0 aliphatic carbocycles. The topological polar surface area (TPSA) is 269 Å². The first-order valence-corrected chi connectivity index (χ1v) is 27.9. The van der Waals surface area contributed by atoms with E-state index in [1.807, 2.05) is 36.7 Å². The summed E-state index contributed by atoms with van der Waals surface area (Å²) in [5.74, 6) is 2.69. The summed E-state index contributed by atoms with van der Waals surface area (Å²) in [6.45, 7) is 9.83. The molecule has 10 rings (SSSR count). The van der Waals surface area contributed by atoms with Gasteiger partial charge in [-0.3, -0.25) is 19.0 Å². The smallest absolute Gasteiger partial charge is 0.243 e. The Balaban J connectivity index is 0.891. The first kappa shape index (κ1) is 59.0. The molecule has 2 amide bonds. The molecule has 4 atom stereocenters. The molecule has 2 aromatic carbocycles. The Hall–Kier alpha value is -8.16. The van der Waals surface area contributed by atoms with E-state index in [0.717, 1.165) is 11.1 Å². The summed E-state index contributed by atoms with van der Waals surface area (Å²) < 4.78 is 38.1. The number of methoxy groups -OCH3 is 3. The first-order valence-electron chi connectivity index (χ1n) is 26.3. The van der Waals surface area contributed by atoms with E-state index in [1.54, 1.807) is 46.3 Å². The minimum atomic E-state index is -0.312. The molecule has 84 heavy (non-hydrogen) atoms. The summed E-state index contributed by atoms with van der Waals surface area (Å²) in [4.78, 5) is 44.0. The van der Waals surface area contributed by atoms with Gasteiger partial charge in [0.25, 0.3) is 0 Å². The van der Waals surface area contributed by atoms with Crippen molar-refractivity contribution in [1.29, 1.82) is 0 Å². The van der Waals surface area contributed by atoms with Gasteiger partial charge in [0.15, 0.2) is 0 Å². The number of halogens is 4. The second kappa shape index (κ2) is 26.6. The van der Waals surface area contributed by atoms with E-state index < -0.39 is 0 Å². The number of carbonyl (C=O) groups is 2. The predicted octanol–water partition coefficient (Wildman–Crippen LogP) is 8.20. The molecule has 7 N–H and O–H groups in total. The molecule has 2 fully saturated rings. The highest BCUT2D eigenvalue weighted by Gasteiger charge is 2.32. The third-order valence-corrected chi connectivity index (χ3v) is 15.4. The van der Waals surface area contributed by atoms with E-state index in [-0.39, 0.29) is 81.6 Å². The normalized spacial score (nSPS) is 16.5. The van der Waals surface area contributed by atoms with Crippen LogP contribution in [0.4, 0.5) is 23.3 Å². The number of carbonyl (C=O) groups excluding carboxylic acids is 2. The van der Waals surface area contributed by atoms with Crippen LogP contribution in [0.5, 0.6) is 23.0 Å². The van der Waals surface area contributed by atoms with Crippen LogP contribution in [0, 0.1) is 0 Å². The van der Waals surface area contributed by atoms with Crippen molar-refractivity contribution in [3.8, 4) is 45.5 Å². The van der Waals surface area contributed by atoms with Crippen LogP contribution < -0.4 is 50.8 Å². The molecule has 2 saturated heterocycles. The maximum Gasteiger partial charge on any atom is 0.243 e. The average Bonchev–Trinajstić information content (AvgIpc) is 2.16. The van der Waals surface area contributed by atoms with Crippen molar-refractivity contribution < 1.29 is 43.1 Å². The summed E-state index contributed by atoms with van der Waals surface area (Å²) in [6, 6.07) is 9.46. The van der Waals surface area contributed by atoms with Crippen molar-refractivity contribution in [2.45, 2.75) is 50.3 Å². The van der Waals surface area contributed by atoms with Crippen molar-refractivity contribution in [2.24, 2.45) is 0 Å². The number of ether oxygens (including phenoxy) is 6. The molecule has 0 bridgehead atoms. The zero-order valence-corrected chi connectivity index (χ0v) is 48.7. The van der Waals surface area contributed by atoms with E-state index in [1.165, 1.54) is 33.5 Å². The number of hydrogen-bond donors (Lipinski definition) is 7. The lowest BCUT2D eigenvalue weighted by Gasteiger charge is -2.21. The molecule has 6 aromatic heterocycles. The van der Waals surface area contributed by atoms with Crippen molar-refractivity contribution in [3.05, 3.63) is 130 Å². The van der Waals surface area contributed by atoms with Gasteiger partial charge in [-0.1, -0.05) is 59.6 Å². The van der Waals surface area contributed by atoms with Crippen LogP contribution in [-0.4, -0.2) is 142 Å². The highest BCUT2D eigenvalue weighted by molar-refractivity contribution is 6.42. The minimum Gasteiger partial charge on any atom is -0.495 e. The van der Waals surface area contributed by atoms with Gasteiger partial charge in [-0.15, -0.1) is 0 Å². The van der Waals surface area contributed by atoms with E-state index in [4.69, 9.17) is 94.8 Å². The molecule has 0 unspecified atom stereocenters. The largest absolute Gasteiger partial charge is 0.495 e. The number of aliphatic hydroxyl groups is 1. The Labute approximate surface area is 501 Å². The number of fused-ring (bicyclic) bond motifs is 2. The second-order valence-electron chi connectivity index (χ2n) is 19.4. The summed E-state index contributed by atoms with van der Waals surface area (Å²) in [7, 11) is 4.50. The molecule has 27 heteroatoms. The van der Waals surface area contributed by atoms with Crippen LogP contribution in [0.2, 0.25) is 20.1 Å². The van der Waals surface area contributed by atoms with Crippen molar-refractivity contribution in [2.75, 3.05) is 82.2 Å². The number of anilines is 4. The average molecular weight is 1220 g/mol. The van der Waals surface area contributed by atoms with Gasteiger partial charge in [0, 0.05) is 93.8 Å². The maximum absolute atomic E-state index is 12.2. The monoisotopic (exact) mass is 1220 g/mol. The number of hydrogen-bond acceptors (Lipinski definition) is 19. The van der Waals surface area contributed by atoms with Gasteiger partial charge in [0.2, 0.25) is 11.8 Å². The van der Waals surface area contributed by atoms with Crippen molar-refractivity contribution >= 4 is 103 Å². The highest BCUT2D eigenvalue weighted by Crippen LogP contribution is 2.48. The quantitative estimate of drug-likeness (QED) is 0.0266. The molecule has 8 aromatic rings. The zero-order chi connectivity index (χ0) is 59.0. The molecular weight excluding hydrogens is 1170 g/mol. The van der Waals surface area contributed by atoms with Gasteiger partial charge in [0.1, 0.15) is 52.9 Å². The van der Waals surface area contributed by atoms with Gasteiger partial charge in [0.05, 0.1) is 135 Å². The van der Waals surface area contributed by atoms with Gasteiger partial charge >= 0.3 is 0 Å². The number of amides is 2. The summed E-state index contributed by atoms with van der Waals surface area (Å²) in [5, 5.41) is 41.8. The predicted molar refractivity (Wildman–Crippen MR) is 322 cm³/mol. The van der Waals surface area contributed by atoms with E-state index in [9.17, 15) is 14.7 Å². The van der Waals surface area contributed by atoms with Gasteiger partial charge in [-0.25, -0.2) is 19.9 Å². The zero-order valence-electron chi connectivity index (χ0n) is 45.7. The number of nitrogens with zero attached hydrogens (tertiary/aromatic N) is 8. The van der Waals surface area contributed by atoms with Crippen LogP contribution in [-0.2, 0) is 45.2 Å². The maximum atomic E-state index is 12.2. The van der Waals surface area contributed by atoms with Crippen LogP contribution in [0.25, 0.3) is 44.1 Å². The molecule has 0 radical (unpaired) electrons. The Morgan fingerprint density at radius 1 is 0.619 bits per heavy atom. The van der Waals surface area contributed by atoms with Crippen LogP contribution in [0.15, 0.2) is 98.9 Å². The molecule has 0 saturated carbocycles. The van der Waals surface area contributed by atoms with Gasteiger partial charge in [-0.05, 0) is 36.4 Å². The lowest BCUT2D eigenvalue weighted by atomic mass is 10.1. The number of rotatable bonds is 25. The summed E-state index contributed by atoms with van der Waals surface area (Å²) >= 11 is 28.2. The number of aromatic nitrogens is 8. The number of benzene rings is 2. The third-order valence-electron chi connectivity index (χ3n) is 13.9. The van der Waals surface area contributed by atoms with E-state index in [2.05, 4.69) is 55.3 Å². The Kier molecular flexibility index (Phi) is 18.7. The molecule has 23 nitrogen and oxygen atoms in total. The number of nitrogens with one attached hydrogen (secondary N) is 6. The highest BCUT2D eigenvalue weighted by atomic mass is 35.5. The SMILES string of the molecule is C=CC(=O)N[C@H]1COC[C@H]1Nc1cc2c(NCc3cnn(CCOc4cc(OC)c(Cl)c(-c5cc6cnc(N[C@@H]7COC[C@@H]7NC(=O)C=C)cc6c(NCc6cnn(CCO)c6)n5)c4Cl)c3)nc(-c3c(Cl)c(OC)cc(OC)c3Cl)cc2cn1. The minimum absolute atomic E-state index is 0.0593. The van der Waals surface area contributed by atoms with Gasteiger partial charge < -0.3 is 65.4 Å². The van der Waals surface area contributed by atoms with Gasteiger partial charge in [-0.2, -0.15) is 10.2 Å². The molecule has 2 aliphatic rings. The first-order chi connectivity index (χ1) is 40.8. The van der Waals surface area contributed by atoms with Crippen LogP contribution >= 0.6 is 46.4 Å². The molecule has 2 aliphatic heterocycles. The van der Waals surface area contributed by atoms with Crippen LogP contribution in [0.1, 0.15) is 11.1 Å². The van der Waals surface area contributed by atoms with E-state index >= 15 is 0 Å². The summed E-state index contributed by atoms with van der Waals surface area (Å²) in [5.41, 5.74) is 3.26. The fraction of sp³-hybridized carbons (Fsp3) is 0.298. The lowest BCUT2D eigenvalue weighted by Crippen LogP contribution is -2.45. The Bertz CT molecular complexity index is 3750. The third kappa shape index (κ3) is 13.1. The second-order valence-corrected chi connectivity index (χ2v) is 20.9. The fourth-order valence-corrected chi connectivity index (χ4v) is 11.0. The molecular formula is C57H58Cl4N14O9. The molecule has 0 spiro atoms. The Morgan fingerprint density at radius 2 is 1.05 bits per heavy atom. The lowest BCUT2D eigenvalue weighted by molar-refractivity contribution is -0.118. The number of pyridine rings is 4. The Morgan fingerprint density at radius 3 is 1.49 bits per heavy atom. The summed E-state index contributed by atoms with van der Waals surface area (Å²) in [6.07, 6.45) is 13.0. The number of aliphatic hydroxyl groups excluding tert-OH is 1. The standard InChI is InChI=1S/C57H58Cl4N14O9/c1-6-48(77)70-40-28-82-26-38(40)68-46-14-34-32(22-62-46)12-36(50-52(58)42(79-3)16-43(80-4)53(50)59)72-56(34)65-19-31-21-67-75(25-31)9-11-84-45-17-44(81-5)54(60)51(55(45)61)37-13-33-23-63-47(69-39-27-83-29-41(39)71-49(78)7-2)15-35(33)57(73-37)64-18-30-20-66-74(24-30)8-10-76/h6-7,12-17,20-25,38-41,76H,1-2,8-11,18-19,26-29H2,3-5H3,(H,62,68)(H,63,69)(H,64,73)(H,65,72)(H,70,77)(H,71,78)/t38-,39-,40+,41+/m1/s1. The van der Waals surface area contributed by atoms with Crippen molar-refractivity contribution in [1.82, 2.24) is 50.1 Å². The molecule has 438 valence electrons.